The Morgan fingerprint density at radius 1 is 1.21 bits per heavy atom. The highest BCUT2D eigenvalue weighted by molar-refractivity contribution is 5.74. The standard InChI is InChI=1S/C20H24N6O2/c1-3-4-12-26(14-16-6-5-9-22-13-16)20(27)23-15(2)19-24-18(25-28-19)17-7-10-21-11-8-17/h5-11,13,15H,3-4,12,14H2,1-2H3,(H,23,27)/t15-/m1/s1. The van der Waals surface area contributed by atoms with E-state index < -0.39 is 6.04 Å². The molecule has 146 valence electrons. The van der Waals surface area contributed by atoms with Crippen LogP contribution in [0.4, 0.5) is 4.79 Å². The molecule has 0 fully saturated rings. The van der Waals surface area contributed by atoms with Gasteiger partial charge in [-0.05, 0) is 37.1 Å². The molecule has 28 heavy (non-hydrogen) atoms. The van der Waals surface area contributed by atoms with E-state index in [1.54, 1.807) is 41.8 Å². The van der Waals surface area contributed by atoms with Gasteiger partial charge in [-0.3, -0.25) is 9.97 Å². The maximum absolute atomic E-state index is 12.8. The molecule has 0 aliphatic carbocycles. The summed E-state index contributed by atoms with van der Waals surface area (Å²) in [6.45, 7) is 5.08. The first-order chi connectivity index (χ1) is 13.7. The molecule has 1 atom stereocenters. The molecule has 0 aromatic carbocycles. The molecule has 0 aliphatic rings. The molecule has 0 unspecified atom stereocenters. The molecule has 3 rings (SSSR count). The fraction of sp³-hybridized carbons (Fsp3) is 0.350. The van der Waals surface area contributed by atoms with Crippen molar-refractivity contribution in [3.63, 3.8) is 0 Å². The molecular formula is C20H24N6O2. The van der Waals surface area contributed by atoms with Crippen molar-refractivity contribution in [1.29, 1.82) is 0 Å². The number of hydrogen-bond donors (Lipinski definition) is 1. The van der Waals surface area contributed by atoms with Gasteiger partial charge in [-0.25, -0.2) is 4.79 Å². The van der Waals surface area contributed by atoms with Gasteiger partial charge in [0.1, 0.15) is 6.04 Å². The van der Waals surface area contributed by atoms with Crippen LogP contribution in [0.2, 0.25) is 0 Å². The van der Waals surface area contributed by atoms with Gasteiger partial charge in [-0.2, -0.15) is 4.98 Å². The second-order valence-corrected chi connectivity index (χ2v) is 6.50. The van der Waals surface area contributed by atoms with Crippen LogP contribution in [0, 0.1) is 0 Å². The van der Waals surface area contributed by atoms with Crippen LogP contribution in [0.1, 0.15) is 44.2 Å². The average Bonchev–Trinajstić information content (AvgIpc) is 3.23. The second kappa shape index (κ2) is 9.59. The lowest BCUT2D eigenvalue weighted by Crippen LogP contribution is -2.41. The summed E-state index contributed by atoms with van der Waals surface area (Å²) in [6.07, 6.45) is 8.76. The van der Waals surface area contributed by atoms with Gasteiger partial charge in [0.15, 0.2) is 0 Å². The minimum absolute atomic E-state index is 0.173. The van der Waals surface area contributed by atoms with Crippen LogP contribution in [0.3, 0.4) is 0 Å². The minimum Gasteiger partial charge on any atom is -0.337 e. The first-order valence-electron chi connectivity index (χ1n) is 9.35. The molecule has 2 amide bonds. The van der Waals surface area contributed by atoms with Crippen LogP contribution in [0.25, 0.3) is 11.4 Å². The van der Waals surface area contributed by atoms with Crippen molar-refractivity contribution in [1.82, 2.24) is 30.3 Å². The fourth-order valence-corrected chi connectivity index (χ4v) is 2.68. The maximum atomic E-state index is 12.8. The molecule has 0 bridgehead atoms. The summed E-state index contributed by atoms with van der Waals surface area (Å²) in [4.78, 5) is 27.1. The molecule has 3 aromatic heterocycles. The smallest absolute Gasteiger partial charge is 0.318 e. The van der Waals surface area contributed by atoms with Crippen LogP contribution < -0.4 is 5.32 Å². The summed E-state index contributed by atoms with van der Waals surface area (Å²) in [7, 11) is 0. The largest absolute Gasteiger partial charge is 0.337 e. The van der Waals surface area contributed by atoms with E-state index in [1.807, 2.05) is 19.1 Å². The van der Waals surface area contributed by atoms with Gasteiger partial charge in [0.25, 0.3) is 0 Å². The van der Waals surface area contributed by atoms with Crippen molar-refractivity contribution < 1.29 is 9.32 Å². The number of unbranched alkanes of at least 4 members (excludes halogenated alkanes) is 1. The first kappa shape index (κ1) is 19.5. The zero-order valence-electron chi connectivity index (χ0n) is 16.1. The lowest BCUT2D eigenvalue weighted by Gasteiger charge is -2.24. The zero-order valence-corrected chi connectivity index (χ0v) is 16.1. The Kier molecular flexibility index (Phi) is 6.67. The summed E-state index contributed by atoms with van der Waals surface area (Å²) < 4.78 is 5.34. The third-order valence-corrected chi connectivity index (χ3v) is 4.26. The quantitative estimate of drug-likeness (QED) is 0.641. The Bertz CT molecular complexity index is 869. The van der Waals surface area contributed by atoms with Gasteiger partial charge < -0.3 is 14.7 Å². The van der Waals surface area contributed by atoms with Crippen molar-refractivity contribution in [2.45, 2.75) is 39.3 Å². The lowest BCUT2D eigenvalue weighted by molar-refractivity contribution is 0.188. The third-order valence-electron chi connectivity index (χ3n) is 4.26. The molecule has 0 spiro atoms. The molecule has 0 radical (unpaired) electrons. The van der Waals surface area contributed by atoms with Crippen LogP contribution in [0.5, 0.6) is 0 Å². The Morgan fingerprint density at radius 3 is 2.75 bits per heavy atom. The molecule has 0 saturated heterocycles. The number of urea groups is 1. The lowest BCUT2D eigenvalue weighted by atomic mass is 10.2. The number of carbonyl (C=O) groups is 1. The predicted molar refractivity (Wildman–Crippen MR) is 104 cm³/mol. The van der Waals surface area contributed by atoms with E-state index in [0.717, 1.165) is 24.0 Å². The highest BCUT2D eigenvalue weighted by Gasteiger charge is 2.21. The van der Waals surface area contributed by atoms with Crippen molar-refractivity contribution >= 4 is 6.03 Å². The molecular weight excluding hydrogens is 356 g/mol. The number of nitrogens with zero attached hydrogens (tertiary/aromatic N) is 5. The average molecular weight is 380 g/mol. The predicted octanol–water partition coefficient (Wildman–Crippen LogP) is 3.60. The van der Waals surface area contributed by atoms with Gasteiger partial charge in [0, 0.05) is 43.4 Å². The highest BCUT2D eigenvalue weighted by Crippen LogP contribution is 2.18. The Labute approximate surface area is 164 Å². The number of rotatable bonds is 8. The van der Waals surface area contributed by atoms with Crippen LogP contribution in [0.15, 0.2) is 53.6 Å². The number of pyridine rings is 2. The Morgan fingerprint density at radius 2 is 2.04 bits per heavy atom. The van der Waals surface area contributed by atoms with E-state index in [1.165, 1.54) is 0 Å². The van der Waals surface area contributed by atoms with Crippen molar-refractivity contribution in [2.75, 3.05) is 6.54 Å². The Hall–Kier alpha value is -3.29. The van der Waals surface area contributed by atoms with Gasteiger partial charge >= 0.3 is 6.03 Å². The number of carbonyl (C=O) groups excluding carboxylic acids is 1. The number of amides is 2. The zero-order chi connectivity index (χ0) is 19.8. The molecule has 8 nitrogen and oxygen atoms in total. The molecule has 1 N–H and O–H groups in total. The maximum Gasteiger partial charge on any atom is 0.318 e. The number of hydrogen-bond acceptors (Lipinski definition) is 6. The van der Waals surface area contributed by atoms with Gasteiger partial charge in [-0.1, -0.05) is 24.6 Å². The molecule has 3 heterocycles. The highest BCUT2D eigenvalue weighted by atomic mass is 16.5. The summed E-state index contributed by atoms with van der Waals surface area (Å²) in [5, 5.41) is 6.94. The monoisotopic (exact) mass is 380 g/mol. The van der Waals surface area contributed by atoms with Crippen LogP contribution >= 0.6 is 0 Å². The van der Waals surface area contributed by atoms with E-state index in [2.05, 4.69) is 32.3 Å². The topological polar surface area (TPSA) is 97.0 Å². The van der Waals surface area contributed by atoms with Gasteiger partial charge in [0.05, 0.1) is 0 Å². The van der Waals surface area contributed by atoms with Crippen LogP contribution in [-0.2, 0) is 6.54 Å². The van der Waals surface area contributed by atoms with Gasteiger partial charge in [0.2, 0.25) is 11.7 Å². The number of aromatic nitrogens is 4. The van der Waals surface area contributed by atoms with Crippen molar-refractivity contribution in [3.8, 4) is 11.4 Å². The third kappa shape index (κ3) is 5.12. The van der Waals surface area contributed by atoms with Crippen molar-refractivity contribution in [3.05, 3.63) is 60.5 Å². The van der Waals surface area contributed by atoms with E-state index >= 15 is 0 Å². The summed E-state index contributed by atoms with van der Waals surface area (Å²) in [6, 6.07) is 6.85. The van der Waals surface area contributed by atoms with E-state index in [-0.39, 0.29) is 6.03 Å². The van der Waals surface area contributed by atoms with E-state index in [4.69, 9.17) is 4.52 Å². The number of nitrogens with one attached hydrogen (secondary N) is 1. The molecule has 0 aliphatic heterocycles. The first-order valence-corrected chi connectivity index (χ1v) is 9.35. The van der Waals surface area contributed by atoms with Crippen LogP contribution in [-0.4, -0.2) is 37.6 Å². The van der Waals surface area contributed by atoms with Crippen molar-refractivity contribution in [2.24, 2.45) is 0 Å². The molecule has 3 aromatic rings. The summed E-state index contributed by atoms with van der Waals surface area (Å²) >= 11 is 0. The normalized spacial score (nSPS) is 11.8. The Balaban J connectivity index is 1.66. The van der Waals surface area contributed by atoms with E-state index in [0.29, 0.717) is 24.8 Å². The second-order valence-electron chi connectivity index (χ2n) is 6.50. The summed E-state index contributed by atoms with van der Waals surface area (Å²) in [5.74, 6) is 0.827. The fourth-order valence-electron chi connectivity index (χ4n) is 2.68. The summed E-state index contributed by atoms with van der Waals surface area (Å²) in [5.41, 5.74) is 1.80. The minimum atomic E-state index is -0.409. The van der Waals surface area contributed by atoms with E-state index in [9.17, 15) is 4.79 Å². The molecule has 8 heteroatoms. The van der Waals surface area contributed by atoms with Gasteiger partial charge in [-0.15, -0.1) is 0 Å². The SMILES string of the molecule is CCCCN(Cc1cccnc1)C(=O)N[C@H](C)c1nc(-c2ccncc2)no1. The molecule has 0 saturated carbocycles.